The average molecular weight is 485 g/mol. The maximum atomic E-state index is 14.2. The van der Waals surface area contributed by atoms with Crippen LogP contribution in [0.4, 0.5) is 10.1 Å². The van der Waals surface area contributed by atoms with Crippen LogP contribution in [0.3, 0.4) is 0 Å². The molecule has 1 fully saturated rings. The van der Waals surface area contributed by atoms with E-state index in [2.05, 4.69) is 60.9 Å². The first-order valence-electron chi connectivity index (χ1n) is 12.7. The van der Waals surface area contributed by atoms with E-state index in [0.717, 1.165) is 22.4 Å². The van der Waals surface area contributed by atoms with E-state index >= 15 is 0 Å². The van der Waals surface area contributed by atoms with Gasteiger partial charge in [0.15, 0.2) is 0 Å². The van der Waals surface area contributed by atoms with Gasteiger partial charge in [0.1, 0.15) is 5.82 Å². The summed E-state index contributed by atoms with van der Waals surface area (Å²) >= 11 is 0. The Hall–Kier alpha value is -3.51. The molecular formula is C30H33FN4O. The van der Waals surface area contributed by atoms with Gasteiger partial charge in [0, 0.05) is 38.2 Å². The molecule has 1 atom stereocenters. The minimum Gasteiger partial charge on any atom is -0.367 e. The normalized spacial score (nSPS) is 18.4. The first-order chi connectivity index (χ1) is 17.4. The first-order valence-corrected chi connectivity index (χ1v) is 12.7. The first kappa shape index (κ1) is 24.2. The quantitative estimate of drug-likeness (QED) is 0.497. The van der Waals surface area contributed by atoms with Crippen LogP contribution in [-0.4, -0.2) is 54.3 Å². The molecule has 5 nitrogen and oxygen atoms in total. The molecule has 2 aliphatic heterocycles. The number of nitrogens with zero attached hydrogens (tertiary/aromatic N) is 4. The number of benzene rings is 3. The number of carbonyl (C=O) groups is 1. The topological polar surface area (TPSA) is 39.2 Å². The number of halogens is 1. The molecule has 0 aromatic heterocycles. The number of piperazine rings is 1. The van der Waals surface area contributed by atoms with Gasteiger partial charge in [0.05, 0.1) is 24.0 Å². The molecule has 1 amide bonds. The van der Waals surface area contributed by atoms with Crippen LogP contribution in [0.15, 0.2) is 71.8 Å². The fourth-order valence-electron chi connectivity index (χ4n) is 5.36. The van der Waals surface area contributed by atoms with Gasteiger partial charge < -0.3 is 4.90 Å². The lowest BCUT2D eigenvalue weighted by atomic mass is 9.93. The summed E-state index contributed by atoms with van der Waals surface area (Å²) in [4.78, 5) is 17.8. The lowest BCUT2D eigenvalue weighted by molar-refractivity contribution is -0.134. The number of hydrogen-bond acceptors (Lipinski definition) is 4. The number of rotatable bonds is 5. The zero-order valence-corrected chi connectivity index (χ0v) is 21.2. The zero-order valence-electron chi connectivity index (χ0n) is 21.2. The fourth-order valence-corrected chi connectivity index (χ4v) is 5.36. The third-order valence-corrected chi connectivity index (χ3v) is 7.33. The third kappa shape index (κ3) is 4.91. The Labute approximate surface area is 212 Å². The van der Waals surface area contributed by atoms with E-state index in [0.29, 0.717) is 44.8 Å². The van der Waals surface area contributed by atoms with Crippen LogP contribution in [-0.2, 0) is 4.79 Å². The number of hydrazone groups is 1. The molecule has 2 aliphatic rings. The summed E-state index contributed by atoms with van der Waals surface area (Å²) in [5.41, 5.74) is 7.38. The largest absolute Gasteiger partial charge is 0.367 e. The maximum absolute atomic E-state index is 14.2. The highest BCUT2D eigenvalue weighted by Gasteiger charge is 2.35. The molecule has 1 saturated heterocycles. The Morgan fingerprint density at radius 2 is 1.64 bits per heavy atom. The number of amides is 1. The standard InChI is InChI=1S/C30H33FN4O/c1-21-12-13-24(23(3)18-21)27-19-29(25-9-5-4-8-22(25)2)35(32-27)30(36)20-33-14-16-34(17-15-33)28-11-7-6-10-26(28)31/h4-13,18,29H,14-17,19-20H2,1-3H3/t29-/m0/s1. The Balaban J connectivity index is 1.34. The highest BCUT2D eigenvalue weighted by Crippen LogP contribution is 2.35. The van der Waals surface area contributed by atoms with Crippen molar-refractivity contribution in [2.24, 2.45) is 5.10 Å². The third-order valence-electron chi connectivity index (χ3n) is 7.33. The predicted octanol–water partition coefficient (Wildman–Crippen LogP) is 5.25. The lowest BCUT2D eigenvalue weighted by Gasteiger charge is -2.36. The van der Waals surface area contributed by atoms with Crippen molar-refractivity contribution < 1.29 is 9.18 Å². The molecule has 186 valence electrons. The smallest absolute Gasteiger partial charge is 0.257 e. The van der Waals surface area contributed by atoms with Crippen molar-refractivity contribution in [3.8, 4) is 0 Å². The molecule has 2 heterocycles. The Morgan fingerprint density at radius 3 is 2.36 bits per heavy atom. The predicted molar refractivity (Wildman–Crippen MR) is 143 cm³/mol. The van der Waals surface area contributed by atoms with Crippen molar-refractivity contribution in [2.45, 2.75) is 33.2 Å². The van der Waals surface area contributed by atoms with Crippen LogP contribution >= 0.6 is 0 Å². The molecule has 0 spiro atoms. The second-order valence-corrected chi connectivity index (χ2v) is 9.89. The van der Waals surface area contributed by atoms with Crippen LogP contribution in [0, 0.1) is 26.6 Å². The van der Waals surface area contributed by atoms with Gasteiger partial charge in [0.2, 0.25) is 0 Å². The Kier molecular flexibility index (Phi) is 6.88. The summed E-state index contributed by atoms with van der Waals surface area (Å²) in [6.07, 6.45) is 0.696. The van der Waals surface area contributed by atoms with E-state index < -0.39 is 0 Å². The van der Waals surface area contributed by atoms with E-state index in [9.17, 15) is 9.18 Å². The molecule has 3 aromatic rings. The summed E-state index contributed by atoms with van der Waals surface area (Å²) in [5.74, 6) is -0.198. The van der Waals surface area contributed by atoms with Crippen molar-refractivity contribution in [3.05, 3.63) is 100 Å². The number of hydrogen-bond donors (Lipinski definition) is 0. The van der Waals surface area contributed by atoms with E-state index in [1.807, 2.05) is 24.3 Å². The van der Waals surface area contributed by atoms with Crippen molar-refractivity contribution in [1.29, 1.82) is 0 Å². The van der Waals surface area contributed by atoms with Crippen molar-refractivity contribution in [2.75, 3.05) is 37.6 Å². The summed E-state index contributed by atoms with van der Waals surface area (Å²) in [6.45, 7) is 9.37. The number of aryl methyl sites for hydroxylation is 3. The minimum absolute atomic E-state index is 0.00218. The number of anilines is 1. The van der Waals surface area contributed by atoms with Gasteiger partial charge >= 0.3 is 0 Å². The van der Waals surface area contributed by atoms with Crippen LogP contribution in [0.25, 0.3) is 0 Å². The fraction of sp³-hybridized carbons (Fsp3) is 0.333. The van der Waals surface area contributed by atoms with Crippen molar-refractivity contribution in [3.63, 3.8) is 0 Å². The van der Waals surface area contributed by atoms with E-state index in [-0.39, 0.29) is 17.8 Å². The second-order valence-electron chi connectivity index (χ2n) is 9.89. The molecule has 6 heteroatoms. The molecule has 0 aliphatic carbocycles. The maximum Gasteiger partial charge on any atom is 0.257 e. The summed E-state index contributed by atoms with van der Waals surface area (Å²) in [5, 5.41) is 6.61. The highest BCUT2D eigenvalue weighted by molar-refractivity contribution is 6.04. The molecule has 0 unspecified atom stereocenters. The molecule has 0 N–H and O–H groups in total. The molecular weight excluding hydrogens is 451 g/mol. The molecule has 0 saturated carbocycles. The molecule has 0 radical (unpaired) electrons. The summed E-state index contributed by atoms with van der Waals surface area (Å²) < 4.78 is 14.2. The second kappa shape index (κ2) is 10.2. The Bertz CT molecular complexity index is 1300. The monoisotopic (exact) mass is 484 g/mol. The van der Waals surface area contributed by atoms with Gasteiger partial charge in [-0.05, 0) is 49.6 Å². The Morgan fingerprint density at radius 1 is 0.917 bits per heavy atom. The number of para-hydroxylation sites is 1. The van der Waals surface area contributed by atoms with Crippen LogP contribution in [0.5, 0.6) is 0 Å². The van der Waals surface area contributed by atoms with Gasteiger partial charge in [-0.1, -0.05) is 60.2 Å². The summed E-state index contributed by atoms with van der Waals surface area (Å²) in [6, 6.07) is 21.4. The SMILES string of the molecule is Cc1ccc(C2=NN(C(=O)CN3CCN(c4ccccc4F)CC3)[C@H](c3ccccc3C)C2)c(C)c1. The van der Waals surface area contributed by atoms with Gasteiger partial charge in [-0.15, -0.1) is 0 Å². The zero-order chi connectivity index (χ0) is 25.2. The summed E-state index contributed by atoms with van der Waals surface area (Å²) in [7, 11) is 0. The molecule has 3 aromatic carbocycles. The van der Waals surface area contributed by atoms with Gasteiger partial charge in [-0.3, -0.25) is 9.69 Å². The molecule has 5 rings (SSSR count). The minimum atomic E-state index is -0.201. The van der Waals surface area contributed by atoms with Crippen LogP contribution < -0.4 is 4.90 Å². The van der Waals surface area contributed by atoms with E-state index in [1.54, 1.807) is 11.1 Å². The van der Waals surface area contributed by atoms with Crippen LogP contribution in [0.1, 0.15) is 40.3 Å². The van der Waals surface area contributed by atoms with Crippen molar-refractivity contribution in [1.82, 2.24) is 9.91 Å². The lowest BCUT2D eigenvalue weighted by Crippen LogP contribution is -2.49. The van der Waals surface area contributed by atoms with Crippen molar-refractivity contribution >= 4 is 17.3 Å². The van der Waals surface area contributed by atoms with E-state index in [4.69, 9.17) is 5.10 Å². The van der Waals surface area contributed by atoms with Gasteiger partial charge in [0.25, 0.3) is 5.91 Å². The highest BCUT2D eigenvalue weighted by atomic mass is 19.1. The van der Waals surface area contributed by atoms with E-state index in [1.165, 1.54) is 17.2 Å². The molecule has 0 bridgehead atoms. The average Bonchev–Trinajstić information content (AvgIpc) is 3.30. The van der Waals surface area contributed by atoms with Crippen LogP contribution in [0.2, 0.25) is 0 Å². The van der Waals surface area contributed by atoms with Gasteiger partial charge in [-0.2, -0.15) is 5.10 Å². The van der Waals surface area contributed by atoms with Gasteiger partial charge in [-0.25, -0.2) is 9.40 Å². The molecule has 36 heavy (non-hydrogen) atoms. The number of carbonyl (C=O) groups excluding carboxylic acids is 1.